The van der Waals surface area contributed by atoms with Crippen LogP contribution in [0, 0.1) is 17.1 Å². The molecule has 0 aliphatic rings. The molecule has 0 atom stereocenters. The standard InChI is InChI=1S/C14H6BrClFNO3/c15-9-4-10(16)11(17)5-13(9)21-12-2-1-7(14(19)20)3-8(12)6-18/h1-5H,(H,19,20). The van der Waals surface area contributed by atoms with Gasteiger partial charge in [0.1, 0.15) is 23.4 Å². The monoisotopic (exact) mass is 369 g/mol. The van der Waals surface area contributed by atoms with Crippen molar-refractivity contribution < 1.29 is 19.0 Å². The zero-order valence-electron chi connectivity index (χ0n) is 10.2. The predicted octanol–water partition coefficient (Wildman–Crippen LogP) is 4.60. The van der Waals surface area contributed by atoms with Gasteiger partial charge in [-0.3, -0.25) is 0 Å². The smallest absolute Gasteiger partial charge is 0.335 e. The summed E-state index contributed by atoms with van der Waals surface area (Å²) in [5.41, 5.74) is -0.0163. The summed E-state index contributed by atoms with van der Waals surface area (Å²) in [6.45, 7) is 0. The van der Waals surface area contributed by atoms with E-state index in [0.717, 1.165) is 6.07 Å². The molecule has 0 aliphatic heterocycles. The van der Waals surface area contributed by atoms with E-state index in [2.05, 4.69) is 15.9 Å². The third-order valence-corrected chi connectivity index (χ3v) is 3.45. The van der Waals surface area contributed by atoms with Gasteiger partial charge in [0.2, 0.25) is 0 Å². The van der Waals surface area contributed by atoms with Crippen LogP contribution in [0.3, 0.4) is 0 Å². The highest BCUT2D eigenvalue weighted by atomic mass is 79.9. The van der Waals surface area contributed by atoms with E-state index in [1.165, 1.54) is 24.3 Å². The van der Waals surface area contributed by atoms with E-state index in [9.17, 15) is 9.18 Å². The molecule has 1 N–H and O–H groups in total. The fraction of sp³-hybridized carbons (Fsp3) is 0. The van der Waals surface area contributed by atoms with E-state index in [0.29, 0.717) is 4.47 Å². The van der Waals surface area contributed by atoms with Crippen LogP contribution in [0.4, 0.5) is 4.39 Å². The summed E-state index contributed by atoms with van der Waals surface area (Å²) in [6, 6.07) is 8.03. The van der Waals surface area contributed by atoms with E-state index >= 15 is 0 Å². The molecule has 0 fully saturated rings. The molecule has 0 radical (unpaired) electrons. The average Bonchev–Trinajstić information content (AvgIpc) is 2.44. The summed E-state index contributed by atoms with van der Waals surface area (Å²) in [5.74, 6) is -1.59. The molecule has 4 nitrogen and oxygen atoms in total. The lowest BCUT2D eigenvalue weighted by Gasteiger charge is -2.10. The predicted molar refractivity (Wildman–Crippen MR) is 77.3 cm³/mol. The number of carboxylic acid groups (broad SMARTS) is 1. The number of ether oxygens (including phenoxy) is 1. The summed E-state index contributed by atoms with van der Waals surface area (Å²) in [7, 11) is 0. The molecular formula is C14H6BrClFNO3. The van der Waals surface area contributed by atoms with E-state index in [-0.39, 0.29) is 27.6 Å². The number of hydrogen-bond acceptors (Lipinski definition) is 3. The first-order valence-corrected chi connectivity index (χ1v) is 6.69. The minimum atomic E-state index is -1.16. The third kappa shape index (κ3) is 3.32. The molecule has 2 rings (SSSR count). The zero-order chi connectivity index (χ0) is 15.6. The number of benzene rings is 2. The highest BCUT2D eigenvalue weighted by Crippen LogP contribution is 2.35. The Bertz CT molecular complexity index is 774. The summed E-state index contributed by atoms with van der Waals surface area (Å²) < 4.78 is 19.3. The molecule has 0 bridgehead atoms. The molecule has 0 aliphatic carbocycles. The lowest BCUT2D eigenvalue weighted by Crippen LogP contribution is -1.98. The molecule has 0 heterocycles. The molecule has 7 heteroatoms. The Balaban J connectivity index is 2.43. The number of carbonyl (C=O) groups is 1. The first-order chi connectivity index (χ1) is 9.92. The van der Waals surface area contributed by atoms with Crippen molar-refractivity contribution in [2.24, 2.45) is 0 Å². The van der Waals surface area contributed by atoms with Gasteiger partial charge in [-0.2, -0.15) is 5.26 Å². The molecule has 2 aromatic rings. The average molecular weight is 371 g/mol. The molecule has 0 unspecified atom stereocenters. The number of nitriles is 1. The van der Waals surface area contributed by atoms with Gasteiger partial charge in [0.15, 0.2) is 0 Å². The van der Waals surface area contributed by atoms with Crippen molar-refractivity contribution >= 4 is 33.5 Å². The largest absolute Gasteiger partial charge is 0.478 e. The minimum absolute atomic E-state index is 0.0251. The van der Waals surface area contributed by atoms with Gasteiger partial charge < -0.3 is 9.84 Å². The number of hydrogen-bond donors (Lipinski definition) is 1. The normalized spacial score (nSPS) is 10.0. The van der Waals surface area contributed by atoms with E-state index in [1.807, 2.05) is 6.07 Å². The molecule has 0 aromatic heterocycles. The lowest BCUT2D eigenvalue weighted by atomic mass is 10.1. The molecule has 0 saturated carbocycles. The van der Waals surface area contributed by atoms with E-state index in [4.69, 9.17) is 26.7 Å². The van der Waals surface area contributed by atoms with Crippen LogP contribution in [0.2, 0.25) is 5.02 Å². The highest BCUT2D eigenvalue weighted by Gasteiger charge is 2.13. The van der Waals surface area contributed by atoms with Crippen molar-refractivity contribution in [2.75, 3.05) is 0 Å². The fourth-order valence-corrected chi connectivity index (χ4v) is 2.26. The summed E-state index contributed by atoms with van der Waals surface area (Å²) >= 11 is 8.79. The molecule has 0 saturated heterocycles. The number of halogens is 3. The minimum Gasteiger partial charge on any atom is -0.478 e. The molecule has 0 amide bonds. The van der Waals surface area contributed by atoms with Gasteiger partial charge >= 0.3 is 5.97 Å². The molecule has 0 spiro atoms. The maximum atomic E-state index is 13.4. The van der Waals surface area contributed by atoms with Gasteiger partial charge in [-0.25, -0.2) is 9.18 Å². The molecule has 21 heavy (non-hydrogen) atoms. The van der Waals surface area contributed by atoms with Gasteiger partial charge in [0, 0.05) is 6.07 Å². The quantitative estimate of drug-likeness (QED) is 0.801. The highest BCUT2D eigenvalue weighted by molar-refractivity contribution is 9.10. The van der Waals surface area contributed by atoms with Crippen molar-refractivity contribution in [3.05, 3.63) is 56.8 Å². The lowest BCUT2D eigenvalue weighted by molar-refractivity contribution is 0.0697. The Morgan fingerprint density at radius 2 is 2.05 bits per heavy atom. The fourth-order valence-electron chi connectivity index (χ4n) is 1.54. The molecular weight excluding hydrogens is 365 g/mol. The van der Waals surface area contributed by atoms with Crippen LogP contribution in [0.25, 0.3) is 0 Å². The van der Waals surface area contributed by atoms with Crippen LogP contribution in [0.15, 0.2) is 34.8 Å². The van der Waals surface area contributed by atoms with Crippen molar-refractivity contribution in [1.29, 1.82) is 5.26 Å². The van der Waals surface area contributed by atoms with Gasteiger partial charge in [0.05, 0.1) is 20.6 Å². The summed E-state index contributed by atoms with van der Waals surface area (Å²) in [5, 5.41) is 17.8. The number of aromatic carboxylic acids is 1. The second kappa shape index (κ2) is 6.12. The van der Waals surface area contributed by atoms with Crippen LogP contribution < -0.4 is 4.74 Å². The Morgan fingerprint density at radius 1 is 1.33 bits per heavy atom. The summed E-state index contributed by atoms with van der Waals surface area (Å²) in [4.78, 5) is 10.9. The SMILES string of the molecule is N#Cc1cc(C(=O)O)ccc1Oc1cc(F)c(Cl)cc1Br. The third-order valence-electron chi connectivity index (χ3n) is 2.54. The van der Waals surface area contributed by atoms with Crippen molar-refractivity contribution in [3.63, 3.8) is 0 Å². The van der Waals surface area contributed by atoms with Crippen molar-refractivity contribution in [2.45, 2.75) is 0 Å². The molecule has 2 aromatic carbocycles. The Labute approximate surface area is 132 Å². The van der Waals surface area contributed by atoms with Gasteiger partial charge in [-0.05, 0) is 40.2 Å². The maximum Gasteiger partial charge on any atom is 0.335 e. The topological polar surface area (TPSA) is 70.3 Å². The van der Waals surface area contributed by atoms with Crippen molar-refractivity contribution in [1.82, 2.24) is 0 Å². The van der Waals surface area contributed by atoms with Crippen LogP contribution in [-0.4, -0.2) is 11.1 Å². The Morgan fingerprint density at radius 3 is 2.67 bits per heavy atom. The second-order valence-corrected chi connectivity index (χ2v) is 5.19. The Kier molecular flexibility index (Phi) is 4.46. The second-order valence-electron chi connectivity index (χ2n) is 3.93. The number of nitrogens with zero attached hydrogens (tertiary/aromatic N) is 1. The van der Waals surface area contributed by atoms with Crippen LogP contribution >= 0.6 is 27.5 Å². The van der Waals surface area contributed by atoms with Crippen LogP contribution in [0.1, 0.15) is 15.9 Å². The first-order valence-electron chi connectivity index (χ1n) is 5.52. The first kappa shape index (κ1) is 15.3. The van der Waals surface area contributed by atoms with Crippen LogP contribution in [0.5, 0.6) is 11.5 Å². The van der Waals surface area contributed by atoms with Gasteiger partial charge in [-0.15, -0.1) is 0 Å². The van der Waals surface area contributed by atoms with E-state index in [1.54, 1.807) is 0 Å². The van der Waals surface area contributed by atoms with Gasteiger partial charge in [0.25, 0.3) is 0 Å². The van der Waals surface area contributed by atoms with Gasteiger partial charge in [-0.1, -0.05) is 11.6 Å². The Hall–Kier alpha value is -2.10. The number of carboxylic acids is 1. The summed E-state index contributed by atoms with van der Waals surface area (Å²) in [6.07, 6.45) is 0. The number of rotatable bonds is 3. The zero-order valence-corrected chi connectivity index (χ0v) is 12.6. The molecule has 106 valence electrons. The van der Waals surface area contributed by atoms with E-state index < -0.39 is 11.8 Å². The maximum absolute atomic E-state index is 13.4. The van der Waals surface area contributed by atoms with Crippen molar-refractivity contribution in [3.8, 4) is 17.6 Å². The van der Waals surface area contributed by atoms with Crippen LogP contribution in [-0.2, 0) is 0 Å².